The Balaban J connectivity index is 1.98. The van der Waals surface area contributed by atoms with E-state index < -0.39 is 0 Å². The average Bonchev–Trinajstić information content (AvgIpc) is 2.57. The van der Waals surface area contributed by atoms with E-state index in [1.807, 2.05) is 0 Å². The van der Waals surface area contributed by atoms with Crippen molar-refractivity contribution >= 4 is 0 Å². The highest BCUT2D eigenvalue weighted by Gasteiger charge is 2.27. The molecule has 0 fully saturated rings. The molecule has 0 amide bonds. The van der Waals surface area contributed by atoms with Crippen molar-refractivity contribution in [1.82, 2.24) is 5.32 Å². The normalized spacial score (nSPS) is 23.8. The molecule has 0 saturated heterocycles. The third-order valence-corrected chi connectivity index (χ3v) is 3.37. The zero-order chi connectivity index (χ0) is 11.5. The Kier molecular flexibility index (Phi) is 3.62. The van der Waals surface area contributed by atoms with E-state index in [1.54, 1.807) is 0 Å². The molecule has 1 aliphatic carbocycles. The monoisotopic (exact) mass is 218 g/mol. The second-order valence-electron chi connectivity index (χ2n) is 5.16. The van der Waals surface area contributed by atoms with Gasteiger partial charge in [0.15, 0.2) is 0 Å². The summed E-state index contributed by atoms with van der Waals surface area (Å²) in [4.78, 5) is 0. The van der Waals surface area contributed by atoms with Crippen LogP contribution in [0.3, 0.4) is 0 Å². The van der Waals surface area contributed by atoms with Crippen molar-refractivity contribution in [2.45, 2.75) is 38.8 Å². The first-order chi connectivity index (χ1) is 7.68. The lowest BCUT2D eigenvalue weighted by molar-refractivity contribution is 0.460. The maximum Gasteiger partial charge on any atom is 0.0341 e. The summed E-state index contributed by atoms with van der Waals surface area (Å²) in [5.41, 5.74) is 8.85. The summed E-state index contributed by atoms with van der Waals surface area (Å²) in [6.45, 7) is 5.61. The number of fused-ring (bicyclic) bond motifs is 1. The number of nitrogens with two attached hydrogens (primary N) is 1. The lowest BCUT2D eigenvalue weighted by Gasteiger charge is -2.14. The van der Waals surface area contributed by atoms with Gasteiger partial charge in [0.1, 0.15) is 0 Å². The zero-order valence-corrected chi connectivity index (χ0v) is 10.2. The summed E-state index contributed by atoms with van der Waals surface area (Å²) >= 11 is 0. The zero-order valence-electron chi connectivity index (χ0n) is 10.2. The van der Waals surface area contributed by atoms with Crippen LogP contribution in [0.1, 0.15) is 49.9 Å². The highest BCUT2D eigenvalue weighted by Crippen LogP contribution is 2.36. The molecule has 1 aliphatic rings. The van der Waals surface area contributed by atoms with E-state index >= 15 is 0 Å². The van der Waals surface area contributed by atoms with Gasteiger partial charge in [0.2, 0.25) is 0 Å². The predicted molar refractivity (Wildman–Crippen MR) is 68.2 cm³/mol. The van der Waals surface area contributed by atoms with E-state index in [0.29, 0.717) is 6.04 Å². The Labute approximate surface area is 98.2 Å². The molecule has 3 N–H and O–H groups in total. The van der Waals surface area contributed by atoms with Gasteiger partial charge in [-0.3, -0.25) is 0 Å². The quantitative estimate of drug-likeness (QED) is 0.815. The van der Waals surface area contributed by atoms with Gasteiger partial charge in [0, 0.05) is 12.1 Å². The highest BCUT2D eigenvalue weighted by atomic mass is 14.9. The van der Waals surface area contributed by atoms with Crippen molar-refractivity contribution in [1.29, 1.82) is 0 Å². The first kappa shape index (κ1) is 11.6. The molecule has 0 heterocycles. The fraction of sp³-hybridized carbons (Fsp3) is 0.571. The molecule has 1 aromatic carbocycles. The standard InChI is InChI=1S/C14H22N2/c1-10(2)7-8-16-14-9-13(15)11-5-3-4-6-12(11)14/h3-6,10,13-14,16H,7-9,15H2,1-2H3. The Hall–Kier alpha value is -0.860. The van der Waals surface area contributed by atoms with E-state index in [9.17, 15) is 0 Å². The number of hydrogen-bond acceptors (Lipinski definition) is 2. The van der Waals surface area contributed by atoms with Gasteiger partial charge >= 0.3 is 0 Å². The molecule has 0 bridgehead atoms. The van der Waals surface area contributed by atoms with Gasteiger partial charge in [0.25, 0.3) is 0 Å². The molecule has 0 aromatic heterocycles. The van der Waals surface area contributed by atoms with E-state index in [1.165, 1.54) is 17.5 Å². The van der Waals surface area contributed by atoms with E-state index in [-0.39, 0.29) is 6.04 Å². The molecule has 88 valence electrons. The van der Waals surface area contributed by atoms with Crippen LogP contribution in [0.5, 0.6) is 0 Å². The summed E-state index contributed by atoms with van der Waals surface area (Å²) < 4.78 is 0. The maximum atomic E-state index is 6.13. The van der Waals surface area contributed by atoms with Crippen molar-refractivity contribution in [2.75, 3.05) is 6.54 Å². The lowest BCUT2D eigenvalue weighted by atomic mass is 10.1. The summed E-state index contributed by atoms with van der Waals surface area (Å²) in [7, 11) is 0. The van der Waals surface area contributed by atoms with Crippen LogP contribution in [0, 0.1) is 5.92 Å². The van der Waals surface area contributed by atoms with E-state index in [0.717, 1.165) is 18.9 Å². The second kappa shape index (κ2) is 4.98. The smallest absolute Gasteiger partial charge is 0.0341 e. The Morgan fingerprint density at radius 2 is 2.00 bits per heavy atom. The first-order valence-electron chi connectivity index (χ1n) is 6.26. The van der Waals surface area contributed by atoms with Crippen LogP contribution in [0.2, 0.25) is 0 Å². The Bertz CT molecular complexity index is 346. The molecule has 2 heteroatoms. The average molecular weight is 218 g/mol. The van der Waals surface area contributed by atoms with Gasteiger partial charge < -0.3 is 11.1 Å². The molecule has 1 aromatic rings. The predicted octanol–water partition coefficient (Wildman–Crippen LogP) is 2.77. The minimum Gasteiger partial charge on any atom is -0.324 e. The summed E-state index contributed by atoms with van der Waals surface area (Å²) in [6.07, 6.45) is 2.27. The molecule has 2 atom stereocenters. The molecule has 2 unspecified atom stereocenters. The van der Waals surface area contributed by atoms with Crippen molar-refractivity contribution in [3.63, 3.8) is 0 Å². The van der Waals surface area contributed by atoms with Gasteiger partial charge in [-0.05, 0) is 36.4 Å². The Morgan fingerprint density at radius 1 is 1.31 bits per heavy atom. The fourth-order valence-corrected chi connectivity index (χ4v) is 2.41. The molecule has 2 nitrogen and oxygen atoms in total. The number of rotatable bonds is 4. The molecule has 16 heavy (non-hydrogen) atoms. The maximum absolute atomic E-state index is 6.13. The molecular formula is C14H22N2. The molecule has 0 saturated carbocycles. The van der Waals surface area contributed by atoms with Crippen LogP contribution in [0.25, 0.3) is 0 Å². The van der Waals surface area contributed by atoms with E-state index in [4.69, 9.17) is 5.73 Å². The molecule has 0 spiro atoms. The van der Waals surface area contributed by atoms with Crippen LogP contribution in [-0.4, -0.2) is 6.54 Å². The number of benzene rings is 1. The SMILES string of the molecule is CC(C)CCNC1CC(N)c2ccccc21. The number of nitrogens with one attached hydrogen (secondary N) is 1. The van der Waals surface area contributed by atoms with Crippen LogP contribution in [0.4, 0.5) is 0 Å². The van der Waals surface area contributed by atoms with Crippen molar-refractivity contribution in [2.24, 2.45) is 11.7 Å². The molecule has 0 aliphatic heterocycles. The number of hydrogen-bond donors (Lipinski definition) is 2. The largest absolute Gasteiger partial charge is 0.324 e. The molecule has 0 radical (unpaired) electrons. The second-order valence-corrected chi connectivity index (χ2v) is 5.16. The minimum absolute atomic E-state index is 0.216. The van der Waals surface area contributed by atoms with Crippen molar-refractivity contribution in [3.8, 4) is 0 Å². The highest BCUT2D eigenvalue weighted by molar-refractivity contribution is 5.37. The summed E-state index contributed by atoms with van der Waals surface area (Å²) in [5, 5.41) is 3.62. The third-order valence-electron chi connectivity index (χ3n) is 3.37. The Morgan fingerprint density at radius 3 is 2.69 bits per heavy atom. The van der Waals surface area contributed by atoms with E-state index in [2.05, 4.69) is 43.4 Å². The molecule has 2 rings (SSSR count). The van der Waals surface area contributed by atoms with Crippen molar-refractivity contribution < 1.29 is 0 Å². The third kappa shape index (κ3) is 2.45. The van der Waals surface area contributed by atoms with Crippen LogP contribution < -0.4 is 11.1 Å². The van der Waals surface area contributed by atoms with Crippen molar-refractivity contribution in [3.05, 3.63) is 35.4 Å². The summed E-state index contributed by atoms with van der Waals surface area (Å²) in [6, 6.07) is 9.22. The molecular weight excluding hydrogens is 196 g/mol. The topological polar surface area (TPSA) is 38.0 Å². The van der Waals surface area contributed by atoms with Gasteiger partial charge in [-0.15, -0.1) is 0 Å². The van der Waals surface area contributed by atoms with Crippen LogP contribution in [-0.2, 0) is 0 Å². The van der Waals surface area contributed by atoms with Gasteiger partial charge in [-0.25, -0.2) is 0 Å². The fourth-order valence-electron chi connectivity index (χ4n) is 2.41. The van der Waals surface area contributed by atoms with Gasteiger partial charge in [-0.1, -0.05) is 38.1 Å². The summed E-state index contributed by atoms with van der Waals surface area (Å²) in [5.74, 6) is 0.762. The minimum atomic E-state index is 0.216. The van der Waals surface area contributed by atoms with Crippen LogP contribution >= 0.6 is 0 Å². The van der Waals surface area contributed by atoms with Crippen LogP contribution in [0.15, 0.2) is 24.3 Å². The lowest BCUT2D eigenvalue weighted by Crippen LogP contribution is -2.22. The van der Waals surface area contributed by atoms with Gasteiger partial charge in [-0.2, -0.15) is 0 Å². The first-order valence-corrected chi connectivity index (χ1v) is 6.26. The van der Waals surface area contributed by atoms with Gasteiger partial charge in [0.05, 0.1) is 0 Å².